The van der Waals surface area contributed by atoms with Gasteiger partial charge >= 0.3 is 5.97 Å². The van der Waals surface area contributed by atoms with Crippen LogP contribution in [0, 0.1) is 5.92 Å². The first kappa shape index (κ1) is 13.7. The lowest BCUT2D eigenvalue weighted by Crippen LogP contribution is -2.14. The van der Waals surface area contributed by atoms with Crippen LogP contribution in [0.25, 0.3) is 0 Å². The first-order valence-corrected chi connectivity index (χ1v) is 7.03. The number of aromatic carboxylic acids is 1. The molecular weight excluding hydrogens is 240 g/mol. The van der Waals surface area contributed by atoms with Gasteiger partial charge in [0.1, 0.15) is 0 Å². The topological polar surface area (TPSA) is 75.3 Å². The molecule has 1 aliphatic rings. The van der Waals surface area contributed by atoms with E-state index in [2.05, 4.69) is 5.32 Å². The van der Waals surface area contributed by atoms with Crippen molar-refractivity contribution >= 4 is 17.3 Å². The van der Waals surface area contributed by atoms with Crippen LogP contribution >= 0.6 is 0 Å². The third-order valence-corrected chi connectivity index (χ3v) is 3.87. The Hall–Kier alpha value is -1.71. The summed E-state index contributed by atoms with van der Waals surface area (Å²) in [6.45, 7) is 0.828. The number of anilines is 2. The summed E-state index contributed by atoms with van der Waals surface area (Å²) < 4.78 is 0. The van der Waals surface area contributed by atoms with Gasteiger partial charge in [0.25, 0.3) is 0 Å². The van der Waals surface area contributed by atoms with Crippen molar-refractivity contribution < 1.29 is 9.90 Å². The number of nitrogens with two attached hydrogens (primary N) is 1. The zero-order valence-corrected chi connectivity index (χ0v) is 11.2. The molecule has 0 amide bonds. The van der Waals surface area contributed by atoms with Crippen LogP contribution in [-0.4, -0.2) is 17.6 Å². The number of nitrogen functional groups attached to an aromatic ring is 1. The lowest BCUT2D eigenvalue weighted by Gasteiger charge is -2.21. The molecule has 0 atom stereocenters. The standard InChI is InChI=1S/C15H22N2O2/c16-12-6-7-14(13(10-12)15(18)19)17-9-8-11-4-2-1-3-5-11/h6-7,10-11,17H,1-5,8-9,16H2,(H,18,19). The lowest BCUT2D eigenvalue weighted by atomic mass is 9.87. The summed E-state index contributed by atoms with van der Waals surface area (Å²) in [6.07, 6.45) is 7.79. The molecule has 0 saturated heterocycles. The fourth-order valence-corrected chi connectivity index (χ4v) is 2.78. The minimum Gasteiger partial charge on any atom is -0.478 e. The maximum absolute atomic E-state index is 11.1. The van der Waals surface area contributed by atoms with Crippen LogP contribution in [0.4, 0.5) is 11.4 Å². The highest BCUT2D eigenvalue weighted by Crippen LogP contribution is 2.26. The predicted octanol–water partition coefficient (Wildman–Crippen LogP) is 3.35. The van der Waals surface area contributed by atoms with Crippen molar-refractivity contribution in [2.75, 3.05) is 17.6 Å². The van der Waals surface area contributed by atoms with Gasteiger partial charge < -0.3 is 16.2 Å². The number of benzene rings is 1. The SMILES string of the molecule is Nc1ccc(NCCC2CCCCC2)c(C(=O)O)c1. The van der Waals surface area contributed by atoms with E-state index in [0.29, 0.717) is 11.4 Å². The molecule has 1 aliphatic carbocycles. The van der Waals surface area contributed by atoms with Gasteiger partial charge in [-0.3, -0.25) is 0 Å². The maximum Gasteiger partial charge on any atom is 0.337 e. The predicted molar refractivity (Wildman–Crippen MR) is 77.5 cm³/mol. The number of hydrogen-bond donors (Lipinski definition) is 3. The summed E-state index contributed by atoms with van der Waals surface area (Å²) in [6, 6.07) is 4.99. The van der Waals surface area contributed by atoms with E-state index in [-0.39, 0.29) is 5.56 Å². The molecule has 0 aromatic heterocycles. The first-order valence-electron chi connectivity index (χ1n) is 7.03. The minimum absolute atomic E-state index is 0.253. The first-order chi connectivity index (χ1) is 9.16. The second-order valence-corrected chi connectivity index (χ2v) is 5.33. The Bertz CT molecular complexity index is 440. The Labute approximate surface area is 114 Å². The van der Waals surface area contributed by atoms with Crippen LogP contribution in [0.2, 0.25) is 0 Å². The maximum atomic E-state index is 11.1. The van der Waals surface area contributed by atoms with Crippen LogP contribution in [-0.2, 0) is 0 Å². The number of carboxylic acid groups (broad SMARTS) is 1. The van der Waals surface area contributed by atoms with Crippen molar-refractivity contribution in [2.45, 2.75) is 38.5 Å². The van der Waals surface area contributed by atoms with Crippen LogP contribution in [0.1, 0.15) is 48.9 Å². The molecule has 1 fully saturated rings. The largest absolute Gasteiger partial charge is 0.478 e. The molecule has 1 aromatic rings. The van der Waals surface area contributed by atoms with Crippen molar-refractivity contribution in [1.29, 1.82) is 0 Å². The van der Waals surface area contributed by atoms with E-state index in [9.17, 15) is 4.79 Å². The van der Waals surface area contributed by atoms with Gasteiger partial charge in [0.15, 0.2) is 0 Å². The van der Waals surface area contributed by atoms with Crippen LogP contribution < -0.4 is 11.1 Å². The molecule has 1 saturated carbocycles. The third-order valence-electron chi connectivity index (χ3n) is 3.87. The second-order valence-electron chi connectivity index (χ2n) is 5.33. The minimum atomic E-state index is -0.938. The van der Waals surface area contributed by atoms with E-state index in [1.165, 1.54) is 38.2 Å². The molecule has 0 heterocycles. The van der Waals surface area contributed by atoms with Gasteiger partial charge in [0.05, 0.1) is 5.56 Å². The molecule has 4 N–H and O–H groups in total. The Balaban J connectivity index is 1.89. The van der Waals surface area contributed by atoms with E-state index >= 15 is 0 Å². The molecule has 0 aliphatic heterocycles. The van der Waals surface area contributed by atoms with Gasteiger partial charge in [-0.2, -0.15) is 0 Å². The molecule has 1 aromatic carbocycles. The zero-order valence-electron chi connectivity index (χ0n) is 11.2. The van der Waals surface area contributed by atoms with E-state index in [1.807, 2.05) is 0 Å². The van der Waals surface area contributed by atoms with E-state index in [4.69, 9.17) is 10.8 Å². The van der Waals surface area contributed by atoms with Crippen LogP contribution in [0.15, 0.2) is 18.2 Å². The van der Waals surface area contributed by atoms with Crippen molar-refractivity contribution in [3.05, 3.63) is 23.8 Å². The number of hydrogen-bond acceptors (Lipinski definition) is 3. The van der Waals surface area contributed by atoms with Gasteiger partial charge in [-0.05, 0) is 30.5 Å². The fraction of sp³-hybridized carbons (Fsp3) is 0.533. The molecule has 0 spiro atoms. The van der Waals surface area contributed by atoms with Crippen molar-refractivity contribution in [3.8, 4) is 0 Å². The average molecular weight is 262 g/mol. The Morgan fingerprint density at radius 2 is 2.05 bits per heavy atom. The lowest BCUT2D eigenvalue weighted by molar-refractivity contribution is 0.0698. The van der Waals surface area contributed by atoms with Crippen molar-refractivity contribution in [2.24, 2.45) is 5.92 Å². The summed E-state index contributed by atoms with van der Waals surface area (Å²) in [5.41, 5.74) is 7.02. The average Bonchev–Trinajstić information content (AvgIpc) is 2.41. The molecule has 4 heteroatoms. The summed E-state index contributed by atoms with van der Waals surface area (Å²) >= 11 is 0. The second kappa shape index (κ2) is 6.45. The number of rotatable bonds is 5. The Kier molecular flexibility index (Phi) is 4.66. The highest BCUT2D eigenvalue weighted by atomic mass is 16.4. The van der Waals surface area contributed by atoms with Crippen molar-refractivity contribution in [1.82, 2.24) is 0 Å². The van der Waals surface area contributed by atoms with Crippen LogP contribution in [0.3, 0.4) is 0 Å². The van der Waals surface area contributed by atoms with E-state index in [0.717, 1.165) is 18.9 Å². The van der Waals surface area contributed by atoms with Gasteiger partial charge in [0.2, 0.25) is 0 Å². The quantitative estimate of drug-likeness (QED) is 0.711. The molecule has 0 unspecified atom stereocenters. The highest BCUT2D eigenvalue weighted by molar-refractivity contribution is 5.95. The number of carbonyl (C=O) groups is 1. The molecule has 0 bridgehead atoms. The third kappa shape index (κ3) is 3.88. The summed E-state index contributed by atoms with van der Waals surface area (Å²) in [5.74, 6) is -0.143. The molecular formula is C15H22N2O2. The van der Waals surface area contributed by atoms with Gasteiger partial charge in [0, 0.05) is 17.9 Å². The normalized spacial score (nSPS) is 16.2. The zero-order chi connectivity index (χ0) is 13.7. The summed E-state index contributed by atoms with van der Waals surface area (Å²) in [4.78, 5) is 11.1. The van der Waals surface area contributed by atoms with Gasteiger partial charge in [-0.1, -0.05) is 32.1 Å². The Morgan fingerprint density at radius 3 is 2.74 bits per heavy atom. The number of nitrogens with one attached hydrogen (secondary N) is 1. The smallest absolute Gasteiger partial charge is 0.337 e. The summed E-state index contributed by atoms with van der Waals surface area (Å²) in [7, 11) is 0. The molecule has 2 rings (SSSR count). The van der Waals surface area contributed by atoms with E-state index < -0.39 is 5.97 Å². The molecule has 4 nitrogen and oxygen atoms in total. The fourth-order valence-electron chi connectivity index (χ4n) is 2.78. The highest BCUT2D eigenvalue weighted by Gasteiger charge is 2.14. The summed E-state index contributed by atoms with van der Waals surface area (Å²) in [5, 5.41) is 12.4. The monoisotopic (exact) mass is 262 g/mol. The van der Waals surface area contributed by atoms with Crippen molar-refractivity contribution in [3.63, 3.8) is 0 Å². The van der Waals surface area contributed by atoms with Gasteiger partial charge in [-0.25, -0.2) is 4.79 Å². The van der Waals surface area contributed by atoms with E-state index in [1.54, 1.807) is 12.1 Å². The molecule has 104 valence electrons. The Morgan fingerprint density at radius 1 is 1.32 bits per heavy atom. The van der Waals surface area contributed by atoms with Gasteiger partial charge in [-0.15, -0.1) is 0 Å². The number of carboxylic acids is 1. The molecule has 19 heavy (non-hydrogen) atoms. The van der Waals surface area contributed by atoms with Crippen LogP contribution in [0.5, 0.6) is 0 Å². The molecule has 0 radical (unpaired) electrons.